The van der Waals surface area contributed by atoms with E-state index in [4.69, 9.17) is 4.74 Å². The Morgan fingerprint density at radius 1 is 1.22 bits per heavy atom. The van der Waals surface area contributed by atoms with Crippen molar-refractivity contribution in [1.82, 2.24) is 9.80 Å². The third kappa shape index (κ3) is 3.16. The van der Waals surface area contributed by atoms with Crippen LogP contribution in [0.3, 0.4) is 0 Å². The maximum absolute atomic E-state index is 13.9. The summed E-state index contributed by atoms with van der Waals surface area (Å²) >= 11 is 0. The van der Waals surface area contributed by atoms with Gasteiger partial charge in [-0.25, -0.2) is 4.39 Å². The number of nitrogens with zero attached hydrogens (tertiary/aromatic N) is 2. The van der Waals surface area contributed by atoms with E-state index in [9.17, 15) is 14.0 Å². The van der Waals surface area contributed by atoms with Crippen LogP contribution in [-0.4, -0.2) is 54.8 Å². The number of rotatable bonds is 4. The molecule has 27 heavy (non-hydrogen) atoms. The second kappa shape index (κ2) is 7.08. The molecule has 4 rings (SSSR count). The molecule has 1 amide bonds. The van der Waals surface area contributed by atoms with Gasteiger partial charge in [0.1, 0.15) is 11.9 Å². The van der Waals surface area contributed by atoms with Crippen molar-refractivity contribution in [3.05, 3.63) is 47.0 Å². The van der Waals surface area contributed by atoms with Crippen molar-refractivity contribution in [3.63, 3.8) is 0 Å². The molecule has 1 aromatic carbocycles. The molecule has 144 valence electrons. The van der Waals surface area contributed by atoms with E-state index in [1.807, 2.05) is 19.0 Å². The first-order valence-electron chi connectivity index (χ1n) is 9.63. The molecule has 1 fully saturated rings. The van der Waals surface area contributed by atoms with Gasteiger partial charge in [-0.3, -0.25) is 9.59 Å². The summed E-state index contributed by atoms with van der Waals surface area (Å²) in [6.45, 7) is 1.10. The van der Waals surface area contributed by atoms with Gasteiger partial charge in [-0.05, 0) is 51.1 Å². The summed E-state index contributed by atoms with van der Waals surface area (Å²) in [6.07, 6.45) is 3.42. The zero-order chi connectivity index (χ0) is 19.1. The van der Waals surface area contributed by atoms with E-state index in [2.05, 4.69) is 0 Å². The van der Waals surface area contributed by atoms with Gasteiger partial charge in [0, 0.05) is 13.1 Å². The zero-order valence-electron chi connectivity index (χ0n) is 15.8. The smallest absolute Gasteiger partial charge is 0.290 e. The van der Waals surface area contributed by atoms with Crippen LogP contribution in [0.1, 0.15) is 37.3 Å². The van der Waals surface area contributed by atoms with Crippen LogP contribution in [0, 0.1) is 11.7 Å². The lowest BCUT2D eigenvalue weighted by atomic mass is 9.77. The first kappa shape index (κ1) is 18.2. The number of hydrogen-bond acceptors (Lipinski definition) is 4. The van der Waals surface area contributed by atoms with Gasteiger partial charge in [-0.1, -0.05) is 18.6 Å². The van der Waals surface area contributed by atoms with Crippen LogP contribution < -0.4 is 0 Å². The van der Waals surface area contributed by atoms with Crippen LogP contribution in [0.2, 0.25) is 0 Å². The summed E-state index contributed by atoms with van der Waals surface area (Å²) in [5, 5.41) is 0. The molecular formula is C21H25FN2O3. The predicted octanol–water partition coefficient (Wildman–Crippen LogP) is 2.68. The molecule has 0 aromatic heterocycles. The number of amides is 1. The van der Waals surface area contributed by atoms with E-state index in [-0.39, 0.29) is 35.3 Å². The molecule has 3 atom stereocenters. The first-order chi connectivity index (χ1) is 13.0. The molecule has 2 aliphatic heterocycles. The fraction of sp³-hybridized carbons (Fsp3) is 0.524. The summed E-state index contributed by atoms with van der Waals surface area (Å²) in [7, 11) is 3.86. The van der Waals surface area contributed by atoms with Gasteiger partial charge in [0.15, 0.2) is 11.5 Å². The highest BCUT2D eigenvalue weighted by molar-refractivity contribution is 6.11. The van der Waals surface area contributed by atoms with E-state index in [0.29, 0.717) is 24.2 Å². The number of fused-ring (bicyclic) bond motifs is 1. The zero-order valence-corrected chi connectivity index (χ0v) is 15.8. The Bertz CT molecular complexity index is 804. The molecule has 1 aromatic rings. The van der Waals surface area contributed by atoms with Crippen LogP contribution in [0.4, 0.5) is 4.39 Å². The lowest BCUT2D eigenvalue weighted by molar-refractivity contribution is -0.135. The van der Waals surface area contributed by atoms with E-state index in [0.717, 1.165) is 25.7 Å². The highest BCUT2D eigenvalue weighted by Crippen LogP contribution is 2.46. The van der Waals surface area contributed by atoms with Gasteiger partial charge in [-0.2, -0.15) is 0 Å². The minimum Gasteiger partial charge on any atom is -0.483 e. The molecule has 0 radical (unpaired) electrons. The largest absolute Gasteiger partial charge is 0.483 e. The first-order valence-corrected chi connectivity index (χ1v) is 9.63. The molecule has 0 saturated heterocycles. The summed E-state index contributed by atoms with van der Waals surface area (Å²) in [4.78, 5) is 30.1. The molecule has 3 unspecified atom stereocenters. The number of halogens is 1. The number of likely N-dealkylation sites (N-methyl/N-ethyl adjacent to an activating group) is 1. The lowest BCUT2D eigenvalue weighted by Gasteiger charge is -2.35. The van der Waals surface area contributed by atoms with Gasteiger partial charge >= 0.3 is 0 Å². The van der Waals surface area contributed by atoms with E-state index >= 15 is 0 Å². The quantitative estimate of drug-likeness (QED) is 0.815. The third-order valence-electron chi connectivity index (χ3n) is 5.81. The van der Waals surface area contributed by atoms with Crippen molar-refractivity contribution in [1.29, 1.82) is 0 Å². The normalized spacial score (nSPS) is 27.7. The van der Waals surface area contributed by atoms with Crippen molar-refractivity contribution < 1.29 is 18.7 Å². The molecular weight excluding hydrogens is 347 g/mol. The SMILES string of the molecule is CN(C)CCN1C(=O)C2=C(C(=O)C3CCCCC3O2)C1c1cccc(F)c1. The summed E-state index contributed by atoms with van der Waals surface area (Å²) in [6, 6.07) is 5.61. The lowest BCUT2D eigenvalue weighted by Crippen LogP contribution is -2.39. The Balaban J connectivity index is 1.76. The van der Waals surface area contributed by atoms with Crippen molar-refractivity contribution in [2.24, 2.45) is 5.92 Å². The van der Waals surface area contributed by atoms with Gasteiger partial charge in [0.2, 0.25) is 0 Å². The molecule has 1 saturated carbocycles. The second-order valence-electron chi connectivity index (χ2n) is 7.91. The fourth-order valence-electron chi connectivity index (χ4n) is 4.45. The van der Waals surface area contributed by atoms with Gasteiger partial charge < -0.3 is 14.5 Å². The number of ether oxygens (including phenoxy) is 1. The number of ketones is 1. The number of carbonyl (C=O) groups excluding carboxylic acids is 2. The highest BCUT2D eigenvalue weighted by atomic mass is 19.1. The Kier molecular flexibility index (Phi) is 4.76. The number of carbonyl (C=O) groups is 2. The minimum absolute atomic E-state index is 0.0101. The average molecular weight is 372 g/mol. The Morgan fingerprint density at radius 3 is 2.74 bits per heavy atom. The minimum atomic E-state index is -0.571. The Morgan fingerprint density at radius 2 is 2.00 bits per heavy atom. The van der Waals surface area contributed by atoms with Crippen LogP contribution in [0.25, 0.3) is 0 Å². The monoisotopic (exact) mass is 372 g/mol. The predicted molar refractivity (Wildman–Crippen MR) is 98.3 cm³/mol. The summed E-state index contributed by atoms with van der Waals surface area (Å²) in [5.41, 5.74) is 1.05. The van der Waals surface area contributed by atoms with Gasteiger partial charge in [-0.15, -0.1) is 0 Å². The molecule has 2 heterocycles. The van der Waals surface area contributed by atoms with Gasteiger partial charge in [0.25, 0.3) is 5.91 Å². The van der Waals surface area contributed by atoms with Crippen molar-refractivity contribution >= 4 is 11.7 Å². The molecule has 6 heteroatoms. The topological polar surface area (TPSA) is 49.9 Å². The van der Waals surface area contributed by atoms with Gasteiger partial charge in [0.05, 0.1) is 17.5 Å². The van der Waals surface area contributed by atoms with E-state index < -0.39 is 6.04 Å². The van der Waals surface area contributed by atoms with Crippen LogP contribution in [-0.2, 0) is 14.3 Å². The Labute approximate surface area is 158 Å². The van der Waals surface area contributed by atoms with Crippen molar-refractivity contribution in [2.75, 3.05) is 27.2 Å². The number of hydrogen-bond donors (Lipinski definition) is 0. The maximum atomic E-state index is 13.9. The van der Waals surface area contributed by atoms with E-state index in [1.165, 1.54) is 12.1 Å². The third-order valence-corrected chi connectivity index (χ3v) is 5.81. The second-order valence-corrected chi connectivity index (χ2v) is 7.91. The van der Waals surface area contributed by atoms with Crippen LogP contribution >= 0.6 is 0 Å². The number of benzene rings is 1. The van der Waals surface area contributed by atoms with Crippen molar-refractivity contribution in [3.8, 4) is 0 Å². The Hall–Kier alpha value is -2.21. The van der Waals surface area contributed by atoms with E-state index in [1.54, 1.807) is 17.0 Å². The van der Waals surface area contributed by atoms with Crippen LogP contribution in [0.5, 0.6) is 0 Å². The fourth-order valence-corrected chi connectivity index (χ4v) is 4.45. The van der Waals surface area contributed by atoms with Crippen molar-refractivity contribution in [2.45, 2.75) is 37.8 Å². The standard InChI is InChI=1S/C21H25FN2O3/c1-23(2)10-11-24-18(13-6-5-7-14(22)12-13)17-19(25)15-8-3-4-9-16(15)27-20(17)21(24)26/h5-7,12,15-16,18H,3-4,8-11H2,1-2H3. The molecule has 0 N–H and O–H groups in total. The summed E-state index contributed by atoms with van der Waals surface area (Å²) < 4.78 is 20.0. The average Bonchev–Trinajstić information content (AvgIpc) is 2.93. The highest BCUT2D eigenvalue weighted by Gasteiger charge is 2.51. The molecule has 0 spiro atoms. The molecule has 3 aliphatic rings. The summed E-state index contributed by atoms with van der Waals surface area (Å²) in [5.74, 6) is -0.609. The number of Topliss-reactive ketones (excluding diaryl/α,β-unsaturated/α-hetero) is 1. The van der Waals surface area contributed by atoms with Crippen LogP contribution in [0.15, 0.2) is 35.6 Å². The molecule has 0 bridgehead atoms. The molecule has 5 nitrogen and oxygen atoms in total. The molecule has 1 aliphatic carbocycles. The maximum Gasteiger partial charge on any atom is 0.290 e.